The smallest absolute Gasteiger partial charge is 0.421 e. The Morgan fingerprint density at radius 1 is 0.939 bits per heavy atom. The number of nitrogens with one attached hydrogen (secondary N) is 1. The molecule has 0 saturated carbocycles. The van der Waals surface area contributed by atoms with Crippen LogP contribution >= 0.6 is 11.3 Å². The Morgan fingerprint density at radius 3 is 2.02 bits per heavy atom. The fraction of sp³-hybridized carbons (Fsp3) is 0.769. The normalized spacial score (nSPS) is 15.5. The molecule has 280 valence electrons. The third-order valence-corrected chi connectivity index (χ3v) is 12.5. The highest BCUT2D eigenvalue weighted by Gasteiger charge is 2.43. The molecule has 1 N–H and O–H groups in total. The molecule has 0 bridgehead atoms. The molecule has 2 amide bonds. The van der Waals surface area contributed by atoms with E-state index in [1.165, 1.54) is 12.0 Å². The Morgan fingerprint density at radius 2 is 1.49 bits per heavy atom. The average molecular weight is 762 g/mol. The van der Waals surface area contributed by atoms with E-state index >= 15 is 0 Å². The number of ether oxygens (including phenoxy) is 3. The third-order valence-electron chi connectivity index (χ3n) is 7.13. The summed E-state index contributed by atoms with van der Waals surface area (Å²) in [4.78, 5) is 55.6. The van der Waals surface area contributed by atoms with Crippen molar-refractivity contribution in [2.24, 2.45) is 0 Å². The van der Waals surface area contributed by atoms with Crippen LogP contribution in [0.25, 0.3) is 0 Å². The van der Waals surface area contributed by atoms with Crippen molar-refractivity contribution >= 4 is 43.6 Å². The highest BCUT2D eigenvalue weighted by Crippen LogP contribution is 2.42. The summed E-state index contributed by atoms with van der Waals surface area (Å²) in [5.74, 6) is 0. The van der Waals surface area contributed by atoms with Gasteiger partial charge in [-0.3, -0.25) is 0 Å². The van der Waals surface area contributed by atoms with Crippen LogP contribution in [-0.4, -0.2) is 108 Å². The topological polar surface area (TPSA) is 253 Å². The first-order valence-electron chi connectivity index (χ1n) is 15.5. The quantitative estimate of drug-likeness (QED) is 0.0901. The van der Waals surface area contributed by atoms with Crippen molar-refractivity contribution in [2.45, 2.75) is 79.2 Å². The maximum Gasteiger partial charge on any atom is 0.421 e. The zero-order valence-electron chi connectivity index (χ0n) is 27.3. The number of carbonyl (C=O) groups excluding carboxylic acids is 2. The van der Waals surface area contributed by atoms with Gasteiger partial charge < -0.3 is 28.8 Å². The zero-order chi connectivity index (χ0) is 36.5. The van der Waals surface area contributed by atoms with Crippen molar-refractivity contribution in [1.29, 1.82) is 0 Å². The van der Waals surface area contributed by atoms with E-state index in [0.29, 0.717) is 69.1 Å². The lowest BCUT2D eigenvalue weighted by atomic mass is 10.1. The number of amides is 2. The van der Waals surface area contributed by atoms with Crippen molar-refractivity contribution in [2.75, 3.05) is 59.8 Å². The summed E-state index contributed by atoms with van der Waals surface area (Å²) in [5, 5.41) is 18.6. The molecular weight excluding hydrogens is 719 g/mol. The molecule has 2 heterocycles. The van der Waals surface area contributed by atoms with Gasteiger partial charge in [-0.2, -0.15) is 4.31 Å². The van der Waals surface area contributed by atoms with Gasteiger partial charge >= 0.3 is 12.2 Å². The van der Waals surface area contributed by atoms with Crippen LogP contribution < -0.4 is 4.72 Å². The van der Waals surface area contributed by atoms with E-state index in [-0.39, 0.29) is 62.4 Å². The van der Waals surface area contributed by atoms with E-state index in [2.05, 4.69) is 9.68 Å². The number of hydrogen-bond donors (Lipinski definition) is 1. The van der Waals surface area contributed by atoms with Crippen molar-refractivity contribution in [1.82, 2.24) is 13.9 Å². The van der Waals surface area contributed by atoms with Crippen LogP contribution in [0.15, 0.2) is 14.5 Å². The molecule has 0 aromatic carbocycles. The second-order valence-electron chi connectivity index (χ2n) is 10.6. The molecule has 23 heteroatoms. The van der Waals surface area contributed by atoms with Crippen LogP contribution in [-0.2, 0) is 43.9 Å². The predicted molar refractivity (Wildman–Crippen MR) is 171 cm³/mol. The lowest BCUT2D eigenvalue weighted by Gasteiger charge is -2.37. The SMILES string of the molecule is CCN(C(=O)OCCCCCCO[N+](=O)[O-])[C@H]1CN(CCCOC)S(=O)(=O)c2sc(S(=O)(=O)NC(=O)OCCCCCCO[N+](=O)[O-])cc21. The average Bonchev–Trinajstić information content (AvgIpc) is 3.50. The molecule has 1 aromatic rings. The lowest BCUT2D eigenvalue weighted by Crippen LogP contribution is -2.47. The monoisotopic (exact) mass is 761 g/mol. The molecule has 0 unspecified atom stereocenters. The van der Waals surface area contributed by atoms with E-state index in [0.717, 1.165) is 10.4 Å². The number of carbonyl (C=O) groups is 2. The first-order valence-corrected chi connectivity index (χ1v) is 19.3. The molecule has 1 aromatic heterocycles. The van der Waals surface area contributed by atoms with Gasteiger partial charge in [0.1, 0.15) is 8.42 Å². The number of fused-ring (bicyclic) bond motifs is 1. The second-order valence-corrected chi connectivity index (χ2v) is 15.7. The van der Waals surface area contributed by atoms with Gasteiger partial charge in [-0.25, -0.2) is 31.1 Å². The van der Waals surface area contributed by atoms with Gasteiger partial charge in [-0.15, -0.1) is 31.6 Å². The summed E-state index contributed by atoms with van der Waals surface area (Å²) < 4.78 is 71.2. The first-order chi connectivity index (χ1) is 23.2. The summed E-state index contributed by atoms with van der Waals surface area (Å²) in [6.07, 6.45) is 2.34. The molecule has 1 aliphatic rings. The molecule has 1 atom stereocenters. The Bertz CT molecular complexity index is 1460. The van der Waals surface area contributed by atoms with Crippen molar-refractivity contribution < 1.29 is 60.5 Å². The fourth-order valence-corrected chi connectivity index (χ4v) is 9.52. The molecule has 1 aliphatic heterocycles. The van der Waals surface area contributed by atoms with E-state index in [9.17, 15) is 46.7 Å². The minimum atomic E-state index is -4.58. The number of methoxy groups -OCH3 is 1. The molecule has 49 heavy (non-hydrogen) atoms. The van der Waals surface area contributed by atoms with Gasteiger partial charge in [0.2, 0.25) is 0 Å². The standard InChI is InChI=1S/C26H43N5O15S3/c1-3-29(26(33)44-16-9-5-7-11-18-46-31(36)37)22-20-28(13-12-14-42-2)49(40,41)24-21(22)19-23(47-24)48(38,39)27-25(32)43-15-8-4-6-10-17-45-30(34)35/h19,22H,3-18,20H2,1-2H3,(H,27,32)/t22-/m0/s1. The molecule has 0 fully saturated rings. The number of likely N-dealkylation sites (N-methyl/N-ethyl adjacent to an activating group) is 1. The maximum absolute atomic E-state index is 13.6. The maximum atomic E-state index is 13.6. The third kappa shape index (κ3) is 13.7. The Kier molecular flexibility index (Phi) is 17.7. The lowest BCUT2D eigenvalue weighted by molar-refractivity contribution is -0.757. The predicted octanol–water partition coefficient (Wildman–Crippen LogP) is 3.24. The zero-order valence-corrected chi connectivity index (χ0v) is 29.8. The first kappa shape index (κ1) is 41.6. The highest BCUT2D eigenvalue weighted by atomic mass is 32.3. The minimum Gasteiger partial charge on any atom is -0.449 e. The van der Waals surface area contributed by atoms with E-state index in [1.54, 1.807) is 11.6 Å². The van der Waals surface area contributed by atoms with E-state index in [4.69, 9.17) is 14.2 Å². The largest absolute Gasteiger partial charge is 0.449 e. The number of thiophene rings is 1. The molecule has 0 saturated heterocycles. The minimum absolute atomic E-state index is 0.0339. The van der Waals surface area contributed by atoms with Crippen LogP contribution in [0.1, 0.15) is 76.3 Å². The van der Waals surface area contributed by atoms with Crippen molar-refractivity contribution in [3.63, 3.8) is 0 Å². The van der Waals surface area contributed by atoms with Crippen LogP contribution in [0.3, 0.4) is 0 Å². The van der Waals surface area contributed by atoms with Gasteiger partial charge in [0.25, 0.3) is 30.2 Å². The highest BCUT2D eigenvalue weighted by molar-refractivity contribution is 7.94. The van der Waals surface area contributed by atoms with Gasteiger partial charge in [0.05, 0.1) is 32.5 Å². The molecular formula is C26H43N5O15S3. The summed E-state index contributed by atoms with van der Waals surface area (Å²) in [5.41, 5.74) is 0.0624. The number of unbranched alkanes of at least 4 members (excludes halogenated alkanes) is 6. The molecule has 0 spiro atoms. The van der Waals surface area contributed by atoms with E-state index < -0.39 is 52.7 Å². The second kappa shape index (κ2) is 20.9. The van der Waals surface area contributed by atoms with Gasteiger partial charge in [-0.05, 0) is 57.9 Å². The van der Waals surface area contributed by atoms with Crippen LogP contribution in [0.4, 0.5) is 9.59 Å². The van der Waals surface area contributed by atoms with Crippen LogP contribution in [0.2, 0.25) is 0 Å². The number of hydrogen-bond acceptors (Lipinski definition) is 16. The van der Waals surface area contributed by atoms with Crippen LogP contribution in [0, 0.1) is 20.2 Å². The summed E-state index contributed by atoms with van der Waals surface area (Å²) in [6.45, 7) is 1.67. The number of nitrogens with zero attached hydrogens (tertiary/aromatic N) is 4. The molecule has 0 radical (unpaired) electrons. The van der Waals surface area contributed by atoms with Crippen molar-refractivity contribution in [3.05, 3.63) is 31.9 Å². The summed E-state index contributed by atoms with van der Waals surface area (Å²) in [7, 11) is -7.31. The van der Waals surface area contributed by atoms with Gasteiger partial charge in [0.15, 0.2) is 0 Å². The van der Waals surface area contributed by atoms with Crippen LogP contribution in [0.5, 0.6) is 0 Å². The molecule has 20 nitrogen and oxygen atoms in total. The van der Waals surface area contributed by atoms with Gasteiger partial charge in [0, 0.05) is 38.9 Å². The summed E-state index contributed by atoms with van der Waals surface area (Å²) in [6, 6.07) is 0.209. The van der Waals surface area contributed by atoms with E-state index in [1.807, 2.05) is 0 Å². The van der Waals surface area contributed by atoms with Gasteiger partial charge in [-0.1, -0.05) is 12.8 Å². The Hall–Kier alpha value is -3.54. The molecule has 0 aliphatic carbocycles. The Labute approximate surface area is 288 Å². The van der Waals surface area contributed by atoms with Crippen molar-refractivity contribution in [3.8, 4) is 0 Å². The Balaban J connectivity index is 2.13. The fourth-order valence-electron chi connectivity index (χ4n) is 4.77. The number of sulfonamides is 2. The molecule has 2 rings (SSSR count). The summed E-state index contributed by atoms with van der Waals surface area (Å²) >= 11 is 0.442. The number of rotatable bonds is 24.